The van der Waals surface area contributed by atoms with Gasteiger partial charge in [0, 0.05) is 22.4 Å². The molecule has 2 nitrogen and oxygen atoms in total. The van der Waals surface area contributed by atoms with Gasteiger partial charge in [-0.3, -0.25) is 4.79 Å². The molecule has 0 spiro atoms. The number of hydrogen-bond acceptors (Lipinski definition) is 3. The van der Waals surface area contributed by atoms with Crippen molar-refractivity contribution in [3.8, 4) is 5.75 Å². The van der Waals surface area contributed by atoms with Gasteiger partial charge in [-0.1, -0.05) is 24.3 Å². The average Bonchev–Trinajstić information content (AvgIpc) is 2.86. The Balaban J connectivity index is 1.73. The molecule has 4 rings (SSSR count). The van der Waals surface area contributed by atoms with Crippen molar-refractivity contribution < 1.29 is 31.5 Å². The van der Waals surface area contributed by atoms with Gasteiger partial charge in [-0.05, 0) is 54.3 Å². The van der Waals surface area contributed by atoms with Crippen molar-refractivity contribution in [2.45, 2.75) is 48.1 Å². The second-order valence-electron chi connectivity index (χ2n) is 6.87. The van der Waals surface area contributed by atoms with Crippen molar-refractivity contribution in [1.29, 1.82) is 0 Å². The molecule has 2 aromatic carbocycles. The fourth-order valence-electron chi connectivity index (χ4n) is 3.82. The first-order chi connectivity index (χ1) is 13.2. The predicted molar refractivity (Wildman–Crippen MR) is 94.1 cm³/mol. The first kappa shape index (κ1) is 19.2. The van der Waals surface area contributed by atoms with Crippen molar-refractivity contribution in [2.24, 2.45) is 0 Å². The number of ketones is 1. The Labute approximate surface area is 162 Å². The third-order valence-corrected chi connectivity index (χ3v) is 5.79. The van der Waals surface area contributed by atoms with Gasteiger partial charge >= 0.3 is 11.4 Å². The predicted octanol–water partition coefficient (Wildman–Crippen LogP) is 6.13. The van der Waals surface area contributed by atoms with Crippen molar-refractivity contribution in [1.82, 2.24) is 0 Å². The van der Waals surface area contributed by atoms with Crippen molar-refractivity contribution >= 4 is 17.5 Å². The molecule has 0 N–H and O–H groups in total. The molecule has 8 heteroatoms. The second-order valence-corrected chi connectivity index (χ2v) is 7.98. The van der Waals surface area contributed by atoms with E-state index in [9.17, 15) is 26.7 Å². The van der Waals surface area contributed by atoms with E-state index in [0.717, 1.165) is 30.0 Å². The zero-order chi connectivity index (χ0) is 20.1. The number of hydrogen-bond donors (Lipinski definition) is 0. The van der Waals surface area contributed by atoms with Gasteiger partial charge in [-0.25, -0.2) is 0 Å². The van der Waals surface area contributed by atoms with Crippen LogP contribution in [0.25, 0.3) is 0 Å². The molecule has 0 bridgehead atoms. The lowest BCUT2D eigenvalue weighted by atomic mass is 9.89. The van der Waals surface area contributed by atoms with Crippen LogP contribution in [0.2, 0.25) is 0 Å². The zero-order valence-corrected chi connectivity index (χ0v) is 15.3. The molecule has 28 heavy (non-hydrogen) atoms. The number of ether oxygens (including phenoxy) is 1. The highest BCUT2D eigenvalue weighted by Gasteiger charge is 2.50. The Bertz CT molecular complexity index is 939. The largest absolute Gasteiger partial charge is 0.485 e. The van der Waals surface area contributed by atoms with Crippen LogP contribution in [0.1, 0.15) is 46.0 Å². The highest BCUT2D eigenvalue weighted by molar-refractivity contribution is 8.00. The molecular weight excluding hydrogens is 399 g/mol. The summed E-state index contributed by atoms with van der Waals surface area (Å²) in [6.45, 7) is 0. The van der Waals surface area contributed by atoms with Crippen molar-refractivity contribution in [2.75, 3.05) is 0 Å². The van der Waals surface area contributed by atoms with Crippen LogP contribution >= 0.6 is 11.8 Å². The first-order valence-electron chi connectivity index (χ1n) is 8.74. The lowest BCUT2D eigenvalue weighted by molar-refractivity contribution is -0.0328. The van der Waals surface area contributed by atoms with E-state index in [2.05, 4.69) is 0 Å². The Morgan fingerprint density at radius 1 is 1.11 bits per heavy atom. The summed E-state index contributed by atoms with van der Waals surface area (Å²) >= 11 is -0.556. The van der Waals surface area contributed by atoms with Gasteiger partial charge in [0.2, 0.25) is 5.78 Å². The quantitative estimate of drug-likeness (QED) is 0.447. The standard InChI is InChI=1S/C20H15F5O2S/c21-19(22)10-13-15(8-9-16(17(13)18(19)26)28-20(23,24)25)27-14-7-3-5-11-4-1-2-6-12(11)14/h1-2,4,6,8-9,14H,3,5,7,10H2. The minimum atomic E-state index is -4.68. The fraction of sp³-hybridized carbons (Fsp3) is 0.350. The van der Waals surface area contributed by atoms with Gasteiger partial charge in [0.15, 0.2) is 0 Å². The maximum Gasteiger partial charge on any atom is 0.446 e. The van der Waals surface area contributed by atoms with E-state index < -0.39 is 45.9 Å². The fourth-order valence-corrected chi connectivity index (χ4v) is 4.53. The molecule has 0 amide bonds. The van der Waals surface area contributed by atoms with E-state index in [1.165, 1.54) is 6.07 Å². The lowest BCUT2D eigenvalue weighted by Gasteiger charge is -2.27. The van der Waals surface area contributed by atoms with Crippen LogP contribution in [-0.2, 0) is 12.8 Å². The van der Waals surface area contributed by atoms with E-state index in [1.54, 1.807) is 0 Å². The summed E-state index contributed by atoms with van der Waals surface area (Å²) in [6.07, 6.45) is 1.05. The third-order valence-electron chi connectivity index (χ3n) is 5.00. The van der Waals surface area contributed by atoms with Crippen LogP contribution in [0, 0.1) is 0 Å². The molecular formula is C20H15F5O2S. The summed E-state index contributed by atoms with van der Waals surface area (Å²) in [5, 5.41) is 0. The monoisotopic (exact) mass is 414 g/mol. The molecule has 0 radical (unpaired) electrons. The van der Waals surface area contributed by atoms with E-state index in [1.807, 2.05) is 24.3 Å². The minimum absolute atomic E-state index is 0.0498. The van der Waals surface area contributed by atoms with E-state index in [-0.39, 0.29) is 17.4 Å². The maximum absolute atomic E-state index is 14.0. The number of carbonyl (C=O) groups is 1. The van der Waals surface area contributed by atoms with E-state index in [4.69, 9.17) is 4.74 Å². The Kier molecular flexibility index (Phi) is 4.64. The highest BCUT2D eigenvalue weighted by atomic mass is 32.2. The summed E-state index contributed by atoms with van der Waals surface area (Å²) in [6, 6.07) is 9.93. The Morgan fingerprint density at radius 2 is 1.86 bits per heavy atom. The van der Waals surface area contributed by atoms with Crippen LogP contribution in [0.3, 0.4) is 0 Å². The summed E-state index contributed by atoms with van der Waals surface area (Å²) < 4.78 is 72.5. The normalized spacial score (nSPS) is 20.6. The molecule has 0 aromatic heterocycles. The molecule has 148 valence electrons. The average molecular weight is 414 g/mol. The van der Waals surface area contributed by atoms with Crippen LogP contribution in [0.5, 0.6) is 5.75 Å². The number of benzene rings is 2. The maximum atomic E-state index is 14.0. The van der Waals surface area contributed by atoms with E-state index in [0.29, 0.717) is 6.42 Å². The number of halogens is 5. The minimum Gasteiger partial charge on any atom is -0.485 e. The van der Waals surface area contributed by atoms with Gasteiger partial charge in [0.1, 0.15) is 11.9 Å². The van der Waals surface area contributed by atoms with Gasteiger partial charge < -0.3 is 4.74 Å². The molecule has 0 heterocycles. The topological polar surface area (TPSA) is 26.3 Å². The number of thioether (sulfide) groups is 1. The second kappa shape index (κ2) is 6.76. The molecule has 0 aliphatic heterocycles. The molecule has 0 saturated carbocycles. The first-order valence-corrected chi connectivity index (χ1v) is 9.56. The number of aryl methyl sites for hydroxylation is 1. The molecule has 1 unspecified atom stereocenters. The zero-order valence-electron chi connectivity index (χ0n) is 14.5. The summed E-state index contributed by atoms with van der Waals surface area (Å²) in [5.74, 6) is -5.26. The van der Waals surface area contributed by atoms with Crippen molar-refractivity contribution in [3.63, 3.8) is 0 Å². The van der Waals surface area contributed by atoms with Gasteiger partial charge in [0.25, 0.3) is 0 Å². The number of carbonyl (C=O) groups excluding carboxylic acids is 1. The number of fused-ring (bicyclic) bond motifs is 2. The van der Waals surface area contributed by atoms with Crippen LogP contribution in [-0.4, -0.2) is 17.2 Å². The van der Waals surface area contributed by atoms with Crippen LogP contribution in [0.4, 0.5) is 22.0 Å². The van der Waals surface area contributed by atoms with Gasteiger partial charge in [0.05, 0.1) is 0 Å². The number of Topliss-reactive ketones (excluding diaryl/α,β-unsaturated/α-hetero) is 1. The molecule has 2 aliphatic rings. The number of alkyl halides is 5. The van der Waals surface area contributed by atoms with E-state index >= 15 is 0 Å². The summed E-state index contributed by atoms with van der Waals surface area (Å²) in [4.78, 5) is 11.6. The van der Waals surface area contributed by atoms with Crippen LogP contribution in [0.15, 0.2) is 41.3 Å². The Morgan fingerprint density at radius 3 is 2.61 bits per heavy atom. The molecule has 1 atom stereocenters. The smallest absolute Gasteiger partial charge is 0.446 e. The highest BCUT2D eigenvalue weighted by Crippen LogP contribution is 2.48. The van der Waals surface area contributed by atoms with Gasteiger partial charge in [-0.15, -0.1) is 0 Å². The summed E-state index contributed by atoms with van der Waals surface area (Å²) in [7, 11) is 0. The number of rotatable bonds is 3. The third kappa shape index (κ3) is 3.50. The molecule has 2 aliphatic carbocycles. The SMILES string of the molecule is O=C1c2c(SC(F)(F)F)ccc(OC3CCCc4ccccc43)c2CC1(F)F. The van der Waals surface area contributed by atoms with Crippen LogP contribution < -0.4 is 4.74 Å². The molecule has 0 saturated heterocycles. The van der Waals surface area contributed by atoms with Crippen molar-refractivity contribution in [3.05, 3.63) is 58.7 Å². The summed E-state index contributed by atoms with van der Waals surface area (Å²) in [5.41, 5.74) is -3.37. The molecule has 2 aromatic rings. The Hall–Kier alpha value is -2.09. The molecule has 0 fully saturated rings. The lowest BCUT2D eigenvalue weighted by Crippen LogP contribution is -2.24. The van der Waals surface area contributed by atoms with Gasteiger partial charge in [-0.2, -0.15) is 22.0 Å².